The lowest BCUT2D eigenvalue weighted by molar-refractivity contribution is -0.116. The number of ether oxygens (including phenoxy) is 2. The zero-order chi connectivity index (χ0) is 19.9. The van der Waals surface area contributed by atoms with Gasteiger partial charge in [-0.15, -0.1) is 0 Å². The van der Waals surface area contributed by atoms with Crippen LogP contribution in [-0.4, -0.2) is 18.7 Å². The largest absolute Gasteiger partial charge is 0.493 e. The molecule has 0 N–H and O–H groups in total. The van der Waals surface area contributed by atoms with Crippen molar-refractivity contribution in [3.63, 3.8) is 0 Å². The summed E-state index contributed by atoms with van der Waals surface area (Å²) in [5.74, 6) is 0.726. The van der Waals surface area contributed by atoms with Gasteiger partial charge in [0, 0.05) is 23.1 Å². The Labute approximate surface area is 164 Å². The summed E-state index contributed by atoms with van der Waals surface area (Å²) in [5.41, 5.74) is 2.55. The number of benzene rings is 3. The second-order valence-electron chi connectivity index (χ2n) is 6.47. The molecule has 3 aromatic carbocycles. The van der Waals surface area contributed by atoms with Crippen LogP contribution in [0.4, 0.5) is 0 Å². The number of hydrogen-bond donors (Lipinski definition) is 0. The fraction of sp³-hybridized carbons (Fsp3) is 0.167. The lowest BCUT2D eigenvalue weighted by Gasteiger charge is -2.18. The lowest BCUT2D eigenvalue weighted by atomic mass is 9.94. The van der Waals surface area contributed by atoms with E-state index >= 15 is 0 Å². The third-order valence-electron chi connectivity index (χ3n) is 4.38. The van der Waals surface area contributed by atoms with E-state index in [0.717, 1.165) is 5.56 Å². The minimum atomic E-state index is -0.149. The molecule has 4 nitrogen and oxygen atoms in total. The molecule has 0 aromatic heterocycles. The fourth-order valence-electron chi connectivity index (χ4n) is 3.04. The first-order valence-electron chi connectivity index (χ1n) is 9.06. The molecule has 0 amide bonds. The predicted molar refractivity (Wildman–Crippen MR) is 108 cm³/mol. The van der Waals surface area contributed by atoms with Gasteiger partial charge in [0.25, 0.3) is 0 Å². The van der Waals surface area contributed by atoms with Crippen molar-refractivity contribution in [2.24, 2.45) is 0 Å². The zero-order valence-corrected chi connectivity index (χ0v) is 16.0. The van der Waals surface area contributed by atoms with Gasteiger partial charge in [-0.3, -0.25) is 9.59 Å². The Morgan fingerprint density at radius 2 is 1.50 bits per heavy atom. The number of hydrogen-bond acceptors (Lipinski definition) is 4. The van der Waals surface area contributed by atoms with Gasteiger partial charge in [0.1, 0.15) is 12.4 Å². The molecule has 142 valence electrons. The van der Waals surface area contributed by atoms with Crippen molar-refractivity contribution in [3.05, 3.63) is 95.1 Å². The summed E-state index contributed by atoms with van der Waals surface area (Å²) in [4.78, 5) is 25.0. The summed E-state index contributed by atoms with van der Waals surface area (Å²) in [6.07, 6.45) is 0.0925. The third kappa shape index (κ3) is 4.46. The smallest absolute Gasteiger partial charge is 0.193 e. The van der Waals surface area contributed by atoms with Crippen LogP contribution in [0, 0.1) is 0 Å². The Balaban J connectivity index is 2.04. The van der Waals surface area contributed by atoms with Gasteiger partial charge in [0.15, 0.2) is 17.3 Å². The molecule has 0 aliphatic heterocycles. The number of carbonyl (C=O) groups excluding carboxylic acids is 2. The fourth-order valence-corrected chi connectivity index (χ4v) is 3.04. The van der Waals surface area contributed by atoms with Gasteiger partial charge in [0.05, 0.1) is 7.11 Å². The molecule has 4 heteroatoms. The second kappa shape index (κ2) is 9.00. The predicted octanol–water partition coefficient (Wildman–Crippen LogP) is 4.64. The van der Waals surface area contributed by atoms with Gasteiger partial charge in [-0.05, 0) is 24.6 Å². The lowest BCUT2D eigenvalue weighted by Crippen LogP contribution is -2.12. The number of Topliss-reactive ketones (excluding diaryl/α,β-unsaturated/α-hetero) is 1. The van der Waals surface area contributed by atoms with Gasteiger partial charge in [-0.25, -0.2) is 0 Å². The Morgan fingerprint density at radius 1 is 0.857 bits per heavy atom. The maximum atomic E-state index is 13.1. The molecule has 3 rings (SSSR count). The van der Waals surface area contributed by atoms with Crippen molar-refractivity contribution in [2.45, 2.75) is 20.0 Å². The summed E-state index contributed by atoms with van der Waals surface area (Å²) in [6, 6.07) is 22.1. The van der Waals surface area contributed by atoms with Crippen molar-refractivity contribution in [3.8, 4) is 11.5 Å². The average Bonchev–Trinajstić information content (AvgIpc) is 2.73. The van der Waals surface area contributed by atoms with E-state index in [0.29, 0.717) is 34.8 Å². The highest BCUT2D eigenvalue weighted by atomic mass is 16.5. The van der Waals surface area contributed by atoms with Crippen LogP contribution in [-0.2, 0) is 17.8 Å². The third-order valence-corrected chi connectivity index (χ3v) is 4.38. The monoisotopic (exact) mass is 374 g/mol. The second-order valence-corrected chi connectivity index (χ2v) is 6.47. The molecule has 0 radical (unpaired) electrons. The quantitative estimate of drug-likeness (QED) is 0.539. The first-order valence-corrected chi connectivity index (χ1v) is 9.06. The van der Waals surface area contributed by atoms with Crippen LogP contribution in [0.5, 0.6) is 11.5 Å². The summed E-state index contributed by atoms with van der Waals surface area (Å²) in [6.45, 7) is 1.81. The minimum Gasteiger partial charge on any atom is -0.493 e. The van der Waals surface area contributed by atoms with E-state index in [1.54, 1.807) is 31.4 Å². The molecule has 3 aromatic rings. The maximum Gasteiger partial charge on any atom is 0.193 e. The number of carbonyl (C=O) groups is 2. The van der Waals surface area contributed by atoms with Gasteiger partial charge in [0.2, 0.25) is 0 Å². The Bertz CT molecular complexity index is 963. The standard InChI is InChI=1S/C24H22O4/c1-17(25)15-21-20(23(26)19-11-7-4-8-12-19)13-14-22(27-2)24(21)28-16-18-9-5-3-6-10-18/h3-14H,15-16H2,1-2H3. The van der Waals surface area contributed by atoms with Gasteiger partial charge < -0.3 is 9.47 Å². The molecule has 0 unspecified atom stereocenters. The SMILES string of the molecule is COc1ccc(C(=O)c2ccccc2)c(CC(C)=O)c1OCc1ccccc1. The normalized spacial score (nSPS) is 10.4. The molecule has 0 saturated carbocycles. The molecule has 0 bridgehead atoms. The van der Waals surface area contributed by atoms with E-state index < -0.39 is 0 Å². The highest BCUT2D eigenvalue weighted by Crippen LogP contribution is 2.36. The molecular formula is C24H22O4. The number of methoxy groups -OCH3 is 1. The van der Waals surface area contributed by atoms with Crippen LogP contribution < -0.4 is 9.47 Å². The summed E-state index contributed by atoms with van der Waals surface area (Å²) in [5, 5.41) is 0. The average molecular weight is 374 g/mol. The maximum absolute atomic E-state index is 13.1. The molecule has 0 saturated heterocycles. The Morgan fingerprint density at radius 3 is 2.11 bits per heavy atom. The van der Waals surface area contributed by atoms with Gasteiger partial charge in [-0.1, -0.05) is 60.7 Å². The van der Waals surface area contributed by atoms with E-state index in [9.17, 15) is 9.59 Å². The molecule has 0 atom stereocenters. The van der Waals surface area contributed by atoms with E-state index in [-0.39, 0.29) is 18.0 Å². The van der Waals surface area contributed by atoms with E-state index in [1.807, 2.05) is 48.5 Å². The first-order chi connectivity index (χ1) is 13.6. The molecular weight excluding hydrogens is 352 g/mol. The van der Waals surface area contributed by atoms with Crippen molar-refractivity contribution in [1.82, 2.24) is 0 Å². The molecule has 0 spiro atoms. The summed E-state index contributed by atoms with van der Waals surface area (Å²) >= 11 is 0. The van der Waals surface area contributed by atoms with Crippen molar-refractivity contribution >= 4 is 11.6 Å². The molecule has 0 aliphatic carbocycles. The van der Waals surface area contributed by atoms with Gasteiger partial charge >= 0.3 is 0 Å². The molecule has 0 heterocycles. The van der Waals surface area contributed by atoms with Crippen molar-refractivity contribution in [1.29, 1.82) is 0 Å². The Kier molecular flexibility index (Phi) is 6.22. The molecule has 28 heavy (non-hydrogen) atoms. The topological polar surface area (TPSA) is 52.6 Å². The highest BCUT2D eigenvalue weighted by molar-refractivity contribution is 6.11. The number of ketones is 2. The van der Waals surface area contributed by atoms with Crippen LogP contribution in [0.3, 0.4) is 0 Å². The zero-order valence-electron chi connectivity index (χ0n) is 16.0. The van der Waals surface area contributed by atoms with Crippen molar-refractivity contribution in [2.75, 3.05) is 7.11 Å². The first kappa shape index (κ1) is 19.4. The number of rotatable bonds is 8. The van der Waals surface area contributed by atoms with E-state index in [2.05, 4.69) is 0 Å². The van der Waals surface area contributed by atoms with Gasteiger partial charge in [-0.2, -0.15) is 0 Å². The van der Waals surface area contributed by atoms with Crippen LogP contribution in [0.15, 0.2) is 72.8 Å². The van der Waals surface area contributed by atoms with Crippen LogP contribution in [0.2, 0.25) is 0 Å². The van der Waals surface area contributed by atoms with E-state index in [1.165, 1.54) is 6.92 Å². The van der Waals surface area contributed by atoms with Crippen LogP contribution in [0.1, 0.15) is 34.0 Å². The molecule has 0 aliphatic rings. The van der Waals surface area contributed by atoms with Crippen molar-refractivity contribution < 1.29 is 19.1 Å². The van der Waals surface area contributed by atoms with Crippen LogP contribution >= 0.6 is 0 Å². The Hall–Kier alpha value is -3.40. The summed E-state index contributed by atoms with van der Waals surface area (Å²) in [7, 11) is 1.54. The highest BCUT2D eigenvalue weighted by Gasteiger charge is 2.22. The summed E-state index contributed by atoms with van der Waals surface area (Å²) < 4.78 is 11.5. The minimum absolute atomic E-state index is 0.0556. The van der Waals surface area contributed by atoms with E-state index in [4.69, 9.17) is 9.47 Å². The molecule has 0 fully saturated rings. The van der Waals surface area contributed by atoms with Crippen LogP contribution in [0.25, 0.3) is 0 Å².